The van der Waals surface area contributed by atoms with Crippen molar-refractivity contribution < 1.29 is 14.0 Å². The van der Waals surface area contributed by atoms with Gasteiger partial charge in [-0.15, -0.1) is 0 Å². The number of rotatable bonds is 6. The van der Waals surface area contributed by atoms with Gasteiger partial charge in [-0.25, -0.2) is 14.2 Å². The van der Waals surface area contributed by atoms with Crippen molar-refractivity contribution in [3.63, 3.8) is 0 Å². The first-order valence-corrected chi connectivity index (χ1v) is 9.27. The second kappa shape index (κ2) is 8.14. The molecule has 0 unspecified atom stereocenters. The number of amides is 3. The van der Waals surface area contributed by atoms with Crippen molar-refractivity contribution in [2.24, 2.45) is 0 Å². The number of urea groups is 1. The van der Waals surface area contributed by atoms with Crippen LogP contribution in [0.2, 0.25) is 0 Å². The number of carbonyl (C=O) groups excluding carboxylic acids is 2. The third kappa shape index (κ3) is 4.26. The first kappa shape index (κ1) is 18.7. The number of benzene rings is 1. The molecular weight excluding hydrogens is 373 g/mol. The Kier molecular flexibility index (Phi) is 5.24. The number of nitrogens with one attached hydrogen (secondary N) is 2. The molecule has 1 aliphatic heterocycles. The van der Waals surface area contributed by atoms with Crippen LogP contribution in [0.4, 0.5) is 15.0 Å². The third-order valence-corrected chi connectivity index (χ3v) is 4.78. The molecule has 148 valence electrons. The molecule has 1 aliphatic rings. The average Bonchev–Trinajstić information content (AvgIpc) is 3.38. The van der Waals surface area contributed by atoms with Gasteiger partial charge < -0.3 is 15.2 Å². The summed E-state index contributed by atoms with van der Waals surface area (Å²) in [5.74, 6) is -0.102. The number of hydrogen-bond acceptors (Lipinski definition) is 3. The third-order valence-electron chi connectivity index (χ3n) is 4.78. The summed E-state index contributed by atoms with van der Waals surface area (Å²) in [6, 6.07) is 11.0. The van der Waals surface area contributed by atoms with Crippen LogP contribution >= 0.6 is 0 Å². The van der Waals surface area contributed by atoms with E-state index in [4.69, 9.17) is 0 Å². The van der Waals surface area contributed by atoms with Crippen LogP contribution < -0.4 is 10.2 Å². The van der Waals surface area contributed by atoms with Crippen LogP contribution in [0.1, 0.15) is 21.5 Å². The Morgan fingerprint density at radius 2 is 1.97 bits per heavy atom. The first-order valence-electron chi connectivity index (χ1n) is 9.27. The normalized spacial score (nSPS) is 13.8. The van der Waals surface area contributed by atoms with Crippen LogP contribution in [0.15, 0.2) is 61.1 Å². The maximum absolute atomic E-state index is 13.1. The van der Waals surface area contributed by atoms with Crippen LogP contribution in [0.3, 0.4) is 0 Å². The quantitative estimate of drug-likeness (QED) is 0.676. The van der Waals surface area contributed by atoms with Gasteiger partial charge in [0.05, 0.1) is 0 Å². The smallest absolute Gasteiger partial charge is 0.326 e. The lowest BCUT2D eigenvalue weighted by Gasteiger charge is -2.18. The van der Waals surface area contributed by atoms with Gasteiger partial charge in [0.15, 0.2) is 0 Å². The van der Waals surface area contributed by atoms with E-state index in [9.17, 15) is 14.0 Å². The van der Waals surface area contributed by atoms with E-state index in [1.54, 1.807) is 40.3 Å². The summed E-state index contributed by atoms with van der Waals surface area (Å²) < 4.78 is 13.1. The number of aromatic amines is 1. The predicted octanol–water partition coefficient (Wildman–Crippen LogP) is 2.92. The molecule has 1 aromatic carbocycles. The number of aromatic nitrogens is 2. The van der Waals surface area contributed by atoms with Crippen LogP contribution in [-0.2, 0) is 13.1 Å². The fourth-order valence-electron chi connectivity index (χ4n) is 3.21. The monoisotopic (exact) mass is 393 g/mol. The number of nitrogens with zero attached hydrogens (tertiary/aromatic N) is 3. The minimum atomic E-state index is -0.307. The molecule has 0 aliphatic carbocycles. The van der Waals surface area contributed by atoms with E-state index in [1.807, 2.05) is 12.3 Å². The van der Waals surface area contributed by atoms with Crippen molar-refractivity contribution in [1.29, 1.82) is 0 Å². The Hall–Kier alpha value is -3.68. The van der Waals surface area contributed by atoms with Crippen LogP contribution in [0.5, 0.6) is 0 Å². The van der Waals surface area contributed by atoms with Gasteiger partial charge in [-0.3, -0.25) is 9.69 Å². The number of pyridine rings is 1. The Morgan fingerprint density at radius 1 is 1.14 bits per heavy atom. The van der Waals surface area contributed by atoms with Crippen LogP contribution in [-0.4, -0.2) is 39.9 Å². The van der Waals surface area contributed by atoms with Gasteiger partial charge in [-0.1, -0.05) is 12.1 Å². The number of halogens is 1. The summed E-state index contributed by atoms with van der Waals surface area (Å²) in [6.45, 7) is 1.81. The van der Waals surface area contributed by atoms with E-state index in [0.717, 1.165) is 11.1 Å². The fraction of sp³-hybridized carbons (Fsp3) is 0.190. The van der Waals surface area contributed by atoms with Crippen molar-refractivity contribution in [2.45, 2.75) is 13.1 Å². The van der Waals surface area contributed by atoms with Gasteiger partial charge in [-0.2, -0.15) is 0 Å². The van der Waals surface area contributed by atoms with E-state index in [0.29, 0.717) is 37.6 Å². The molecule has 3 amide bonds. The van der Waals surface area contributed by atoms with Crippen molar-refractivity contribution in [3.8, 4) is 0 Å². The van der Waals surface area contributed by atoms with Crippen LogP contribution in [0.25, 0.3) is 0 Å². The molecule has 8 heteroatoms. The van der Waals surface area contributed by atoms with E-state index in [-0.39, 0.29) is 17.8 Å². The highest BCUT2D eigenvalue weighted by Crippen LogP contribution is 2.21. The molecule has 2 aromatic heterocycles. The molecule has 1 fully saturated rings. The van der Waals surface area contributed by atoms with Gasteiger partial charge in [0.2, 0.25) is 0 Å². The molecule has 2 N–H and O–H groups in total. The maximum Gasteiger partial charge on any atom is 0.326 e. The zero-order chi connectivity index (χ0) is 20.2. The Balaban J connectivity index is 1.41. The molecular formula is C21H20FN5O2. The Bertz CT molecular complexity index is 1000. The van der Waals surface area contributed by atoms with Crippen LogP contribution in [0, 0.1) is 5.82 Å². The SMILES string of the molecule is O=C(NCc1cc[nH]c1)c1ccnc(N2CCN(Cc3ccc(F)cc3)C2=O)c1. The average molecular weight is 393 g/mol. The molecule has 3 aromatic rings. The van der Waals surface area contributed by atoms with Gasteiger partial charge in [-0.05, 0) is 41.5 Å². The number of anilines is 1. The second-order valence-corrected chi connectivity index (χ2v) is 6.79. The zero-order valence-corrected chi connectivity index (χ0v) is 15.6. The largest absolute Gasteiger partial charge is 0.367 e. The number of hydrogen-bond donors (Lipinski definition) is 2. The van der Waals surface area contributed by atoms with E-state index in [2.05, 4.69) is 15.3 Å². The summed E-state index contributed by atoms with van der Waals surface area (Å²) in [4.78, 5) is 35.6. The molecule has 29 heavy (non-hydrogen) atoms. The molecule has 0 bridgehead atoms. The predicted molar refractivity (Wildman–Crippen MR) is 106 cm³/mol. The van der Waals surface area contributed by atoms with Crippen molar-refractivity contribution in [3.05, 3.63) is 83.6 Å². The topological polar surface area (TPSA) is 81.3 Å². The summed E-state index contributed by atoms with van der Waals surface area (Å²) in [5.41, 5.74) is 2.27. The Labute approximate surface area is 167 Å². The molecule has 0 atom stereocenters. The van der Waals surface area contributed by atoms with E-state index < -0.39 is 0 Å². The summed E-state index contributed by atoms with van der Waals surface area (Å²) in [5, 5.41) is 2.85. The standard InChI is InChI=1S/C21H20FN5O2/c22-18-3-1-15(2-4-18)14-26-9-10-27(21(26)29)19-11-17(6-8-24-19)20(28)25-13-16-5-7-23-12-16/h1-8,11-12,23H,9-10,13-14H2,(H,25,28). The molecule has 3 heterocycles. The lowest BCUT2D eigenvalue weighted by atomic mass is 10.2. The fourth-order valence-corrected chi connectivity index (χ4v) is 3.21. The second-order valence-electron chi connectivity index (χ2n) is 6.79. The molecule has 4 rings (SSSR count). The molecule has 0 radical (unpaired) electrons. The number of carbonyl (C=O) groups is 2. The molecule has 1 saturated heterocycles. The molecule has 7 nitrogen and oxygen atoms in total. The summed E-state index contributed by atoms with van der Waals surface area (Å²) in [6.07, 6.45) is 5.13. The van der Waals surface area contributed by atoms with Crippen molar-refractivity contribution >= 4 is 17.8 Å². The minimum Gasteiger partial charge on any atom is -0.367 e. The molecule has 0 spiro atoms. The molecule has 0 saturated carbocycles. The summed E-state index contributed by atoms with van der Waals surface area (Å²) in [7, 11) is 0. The maximum atomic E-state index is 13.1. The minimum absolute atomic E-state index is 0.188. The van der Waals surface area contributed by atoms with E-state index >= 15 is 0 Å². The van der Waals surface area contributed by atoms with Gasteiger partial charge in [0.25, 0.3) is 5.91 Å². The highest BCUT2D eigenvalue weighted by Gasteiger charge is 2.30. The highest BCUT2D eigenvalue weighted by molar-refractivity contribution is 5.97. The lowest BCUT2D eigenvalue weighted by Crippen LogP contribution is -2.32. The first-order chi connectivity index (χ1) is 14.1. The summed E-state index contributed by atoms with van der Waals surface area (Å²) >= 11 is 0. The van der Waals surface area contributed by atoms with E-state index in [1.165, 1.54) is 18.3 Å². The van der Waals surface area contributed by atoms with Gasteiger partial charge >= 0.3 is 6.03 Å². The van der Waals surface area contributed by atoms with Gasteiger partial charge in [0, 0.05) is 50.3 Å². The van der Waals surface area contributed by atoms with Crippen molar-refractivity contribution in [1.82, 2.24) is 20.2 Å². The lowest BCUT2D eigenvalue weighted by molar-refractivity contribution is 0.0950. The highest BCUT2D eigenvalue weighted by atomic mass is 19.1. The zero-order valence-electron chi connectivity index (χ0n) is 15.6. The Morgan fingerprint density at radius 3 is 2.72 bits per heavy atom. The van der Waals surface area contributed by atoms with Gasteiger partial charge in [0.1, 0.15) is 11.6 Å². The number of H-pyrrole nitrogens is 1. The van der Waals surface area contributed by atoms with Crippen molar-refractivity contribution in [2.75, 3.05) is 18.0 Å².